The van der Waals surface area contributed by atoms with Crippen molar-refractivity contribution in [3.05, 3.63) is 59.2 Å². The van der Waals surface area contributed by atoms with Crippen LogP contribution in [-0.4, -0.2) is 10.5 Å². The fourth-order valence-corrected chi connectivity index (χ4v) is 4.48. The molecular formula is C14H6Cl2F2O2S2. The van der Waals surface area contributed by atoms with E-state index in [1.54, 1.807) is 0 Å². The van der Waals surface area contributed by atoms with E-state index in [0.29, 0.717) is 0 Å². The van der Waals surface area contributed by atoms with E-state index >= 15 is 0 Å². The molecular weight excluding hydrogens is 373 g/mol. The molecule has 0 bridgehead atoms. The van der Waals surface area contributed by atoms with Crippen molar-refractivity contribution < 1.29 is 18.4 Å². The molecule has 22 heavy (non-hydrogen) atoms. The Hall–Kier alpha value is -1.08. The number of hydrogen-bond donors (Lipinski definition) is 0. The van der Waals surface area contributed by atoms with Gasteiger partial charge in [-0.25, -0.2) is 8.78 Å². The number of benzene rings is 2. The summed E-state index contributed by atoms with van der Waals surface area (Å²) in [6, 6.07) is 8.05. The Kier molecular flexibility index (Phi) is 5.86. The van der Waals surface area contributed by atoms with E-state index in [1.165, 1.54) is 24.3 Å². The number of rotatable bonds is 5. The molecule has 0 unspecified atom stereocenters. The maximum atomic E-state index is 13.6. The first-order valence-corrected chi connectivity index (χ1v) is 8.63. The molecule has 0 heterocycles. The summed E-state index contributed by atoms with van der Waals surface area (Å²) in [6.07, 6.45) is 0. The Balaban J connectivity index is 2.33. The molecule has 0 aliphatic carbocycles. The van der Waals surface area contributed by atoms with Gasteiger partial charge in [-0.3, -0.25) is 9.59 Å². The van der Waals surface area contributed by atoms with Crippen molar-refractivity contribution in [1.82, 2.24) is 0 Å². The van der Waals surface area contributed by atoms with Crippen molar-refractivity contribution in [2.75, 3.05) is 0 Å². The third-order valence-electron chi connectivity index (χ3n) is 2.57. The number of hydrogen-bond acceptors (Lipinski definition) is 4. The molecule has 0 spiro atoms. The maximum Gasteiger partial charge on any atom is 0.256 e. The van der Waals surface area contributed by atoms with Gasteiger partial charge in [0.05, 0.1) is 11.1 Å². The van der Waals surface area contributed by atoms with Crippen LogP contribution in [-0.2, 0) is 0 Å². The van der Waals surface area contributed by atoms with Gasteiger partial charge >= 0.3 is 0 Å². The van der Waals surface area contributed by atoms with E-state index in [0.717, 1.165) is 33.7 Å². The van der Waals surface area contributed by atoms with Crippen molar-refractivity contribution in [1.29, 1.82) is 0 Å². The molecule has 2 rings (SSSR count). The summed E-state index contributed by atoms with van der Waals surface area (Å²) in [5.74, 6) is -1.50. The average Bonchev–Trinajstić information content (AvgIpc) is 2.44. The lowest BCUT2D eigenvalue weighted by atomic mass is 10.2. The Bertz CT molecular complexity index is 690. The molecule has 0 aliphatic rings. The minimum atomic E-state index is -0.936. The molecule has 0 saturated heterocycles. The van der Waals surface area contributed by atoms with E-state index in [1.807, 2.05) is 0 Å². The summed E-state index contributed by atoms with van der Waals surface area (Å²) in [4.78, 5) is 23.1. The van der Waals surface area contributed by atoms with E-state index < -0.39 is 22.1 Å². The van der Waals surface area contributed by atoms with Crippen LogP contribution in [0.1, 0.15) is 20.7 Å². The molecule has 0 atom stereocenters. The largest absolute Gasteiger partial charge is 0.275 e. The molecule has 0 N–H and O–H groups in total. The fourth-order valence-electron chi connectivity index (χ4n) is 1.62. The van der Waals surface area contributed by atoms with Gasteiger partial charge in [-0.05, 0) is 47.5 Å². The maximum absolute atomic E-state index is 13.6. The highest BCUT2D eigenvalue weighted by atomic mass is 35.5. The number of carbonyl (C=O) groups is 2. The lowest BCUT2D eigenvalue weighted by Crippen LogP contribution is -1.98. The molecule has 2 aromatic carbocycles. The molecule has 0 radical (unpaired) electrons. The van der Waals surface area contributed by atoms with E-state index in [2.05, 4.69) is 0 Å². The van der Waals surface area contributed by atoms with Gasteiger partial charge in [0, 0.05) is 9.79 Å². The molecule has 0 aliphatic heterocycles. The summed E-state index contributed by atoms with van der Waals surface area (Å²) < 4.78 is 27.3. The first kappa shape index (κ1) is 17.3. The van der Waals surface area contributed by atoms with E-state index in [9.17, 15) is 18.4 Å². The molecule has 0 saturated carbocycles. The van der Waals surface area contributed by atoms with Crippen LogP contribution >= 0.6 is 44.8 Å². The standard InChI is InChI=1S/C14H6Cl2F2O2S2/c15-13(19)11-7(17)3-1-5-9(11)21-22-10-6-2-4-8(18)12(10)14(16)20/h1-6H. The van der Waals surface area contributed by atoms with Crippen molar-refractivity contribution in [3.63, 3.8) is 0 Å². The highest BCUT2D eigenvalue weighted by molar-refractivity contribution is 8.76. The predicted octanol–water partition coefficient (Wildman–Crippen LogP) is 5.52. The van der Waals surface area contributed by atoms with Crippen LogP contribution in [0.2, 0.25) is 0 Å². The quantitative estimate of drug-likeness (QED) is 0.506. The normalized spacial score (nSPS) is 10.5. The van der Waals surface area contributed by atoms with Crippen LogP contribution in [0.3, 0.4) is 0 Å². The second-order valence-electron chi connectivity index (χ2n) is 3.94. The third-order valence-corrected chi connectivity index (χ3v) is 5.39. The van der Waals surface area contributed by atoms with E-state index in [4.69, 9.17) is 23.2 Å². The summed E-state index contributed by atoms with van der Waals surface area (Å²) in [5, 5.41) is -1.87. The first-order valence-electron chi connectivity index (χ1n) is 5.73. The van der Waals surface area contributed by atoms with Gasteiger partial charge in [-0.2, -0.15) is 0 Å². The van der Waals surface area contributed by atoms with Gasteiger partial charge in [0.1, 0.15) is 11.6 Å². The highest BCUT2D eigenvalue weighted by Crippen LogP contribution is 2.42. The molecule has 114 valence electrons. The lowest BCUT2D eigenvalue weighted by molar-refractivity contribution is 0.106. The zero-order chi connectivity index (χ0) is 16.3. The van der Waals surface area contributed by atoms with Gasteiger partial charge in [0.2, 0.25) is 0 Å². The topological polar surface area (TPSA) is 34.1 Å². The summed E-state index contributed by atoms with van der Waals surface area (Å²) in [6.45, 7) is 0. The summed E-state index contributed by atoms with van der Waals surface area (Å²) in [7, 11) is 1.95. The Morgan fingerprint density at radius 3 is 1.45 bits per heavy atom. The Morgan fingerprint density at radius 1 is 0.773 bits per heavy atom. The molecule has 0 fully saturated rings. The van der Waals surface area contributed by atoms with Gasteiger partial charge in [-0.15, -0.1) is 0 Å². The minimum Gasteiger partial charge on any atom is -0.275 e. The molecule has 0 amide bonds. The highest BCUT2D eigenvalue weighted by Gasteiger charge is 2.19. The van der Waals surface area contributed by atoms with Crippen LogP contribution in [0.5, 0.6) is 0 Å². The first-order chi connectivity index (χ1) is 10.4. The van der Waals surface area contributed by atoms with Crippen molar-refractivity contribution in [2.45, 2.75) is 9.79 Å². The lowest BCUT2D eigenvalue weighted by Gasteiger charge is -2.08. The van der Waals surface area contributed by atoms with Gasteiger partial charge < -0.3 is 0 Å². The smallest absolute Gasteiger partial charge is 0.256 e. The molecule has 2 aromatic rings. The van der Waals surface area contributed by atoms with Crippen LogP contribution in [0.25, 0.3) is 0 Å². The van der Waals surface area contributed by atoms with Crippen LogP contribution < -0.4 is 0 Å². The summed E-state index contributed by atoms with van der Waals surface area (Å²) in [5.41, 5.74) is -0.534. The number of carbonyl (C=O) groups excluding carboxylic acids is 2. The number of halogens is 4. The SMILES string of the molecule is O=C(Cl)c1c(F)cccc1SSc1cccc(F)c1C(=O)Cl. The van der Waals surface area contributed by atoms with Crippen LogP contribution in [0.4, 0.5) is 8.78 Å². The Morgan fingerprint density at radius 2 is 1.14 bits per heavy atom. The molecule has 2 nitrogen and oxygen atoms in total. The minimum absolute atomic E-state index is 0.266. The zero-order valence-corrected chi connectivity index (χ0v) is 13.8. The zero-order valence-electron chi connectivity index (χ0n) is 10.6. The molecule has 8 heteroatoms. The molecule has 0 aromatic heterocycles. The van der Waals surface area contributed by atoms with Crippen molar-refractivity contribution in [3.8, 4) is 0 Å². The van der Waals surface area contributed by atoms with Gasteiger partial charge in [0.15, 0.2) is 0 Å². The second-order valence-corrected chi connectivity index (χ2v) is 6.84. The predicted molar refractivity (Wildman–Crippen MR) is 84.9 cm³/mol. The second kappa shape index (κ2) is 7.46. The van der Waals surface area contributed by atoms with Gasteiger partial charge in [-0.1, -0.05) is 33.7 Å². The van der Waals surface area contributed by atoms with Crippen LogP contribution in [0.15, 0.2) is 46.2 Å². The third kappa shape index (κ3) is 3.81. The van der Waals surface area contributed by atoms with Crippen LogP contribution in [0, 0.1) is 11.6 Å². The van der Waals surface area contributed by atoms with E-state index in [-0.39, 0.29) is 20.9 Å². The average molecular weight is 379 g/mol. The monoisotopic (exact) mass is 378 g/mol. The van der Waals surface area contributed by atoms with Gasteiger partial charge in [0.25, 0.3) is 10.5 Å². The Labute approximate surface area is 142 Å². The van der Waals surface area contributed by atoms with Crippen molar-refractivity contribution >= 4 is 55.3 Å². The fraction of sp³-hybridized carbons (Fsp3) is 0. The van der Waals surface area contributed by atoms with Crippen molar-refractivity contribution in [2.24, 2.45) is 0 Å². The summed E-state index contributed by atoms with van der Waals surface area (Å²) >= 11 is 10.7.